The summed E-state index contributed by atoms with van der Waals surface area (Å²) in [5.41, 5.74) is 1.15. The van der Waals surface area contributed by atoms with Crippen LogP contribution in [-0.2, 0) is 4.79 Å². The van der Waals surface area contributed by atoms with Crippen LogP contribution >= 0.6 is 23.1 Å². The molecule has 0 bridgehead atoms. The monoisotopic (exact) mass is 373 g/mol. The van der Waals surface area contributed by atoms with Crippen LogP contribution in [0.4, 0.5) is 0 Å². The number of amides is 1. The van der Waals surface area contributed by atoms with Gasteiger partial charge < -0.3 is 4.90 Å². The molecule has 8 heteroatoms. The van der Waals surface area contributed by atoms with Crippen LogP contribution in [0.15, 0.2) is 5.03 Å². The van der Waals surface area contributed by atoms with E-state index in [4.69, 9.17) is 10.5 Å². The molecule has 0 aromatic carbocycles. The first-order chi connectivity index (χ1) is 12.0. The van der Waals surface area contributed by atoms with Gasteiger partial charge in [-0.25, -0.2) is 9.97 Å². The number of aryl methyl sites for hydroxylation is 3. The molecule has 25 heavy (non-hydrogen) atoms. The van der Waals surface area contributed by atoms with Crippen molar-refractivity contribution < 1.29 is 4.79 Å². The molecule has 0 aliphatic heterocycles. The van der Waals surface area contributed by atoms with Crippen LogP contribution < -0.4 is 0 Å². The zero-order chi connectivity index (χ0) is 18.4. The lowest BCUT2D eigenvalue weighted by atomic mass is 10.2. The van der Waals surface area contributed by atoms with Crippen molar-refractivity contribution in [2.75, 3.05) is 18.8 Å². The summed E-state index contributed by atoms with van der Waals surface area (Å²) in [7, 11) is 0. The lowest BCUT2D eigenvalue weighted by Gasteiger charge is -2.20. The van der Waals surface area contributed by atoms with E-state index in [-0.39, 0.29) is 24.5 Å². The summed E-state index contributed by atoms with van der Waals surface area (Å²) >= 11 is 3.03. The van der Waals surface area contributed by atoms with E-state index in [2.05, 4.69) is 16.9 Å². The third-order valence-corrected chi connectivity index (χ3v) is 5.84. The lowest BCUT2D eigenvalue weighted by Crippen LogP contribution is -2.34. The van der Waals surface area contributed by atoms with Crippen molar-refractivity contribution in [1.29, 1.82) is 10.5 Å². The fourth-order valence-electron chi connectivity index (χ4n) is 2.37. The highest BCUT2D eigenvalue weighted by atomic mass is 32.2. The van der Waals surface area contributed by atoms with Crippen molar-refractivity contribution >= 4 is 39.2 Å². The number of hydrogen-bond acceptors (Lipinski definition) is 7. The molecule has 0 aliphatic rings. The number of nitriles is 2. The molecular formula is C17H19N5OS2. The van der Waals surface area contributed by atoms with Crippen molar-refractivity contribution in [2.45, 2.75) is 38.6 Å². The Balaban J connectivity index is 2.16. The van der Waals surface area contributed by atoms with Crippen LogP contribution in [0.25, 0.3) is 10.2 Å². The van der Waals surface area contributed by atoms with E-state index < -0.39 is 0 Å². The molecule has 0 radical (unpaired) electrons. The first-order valence-electron chi connectivity index (χ1n) is 7.86. The number of hydrogen-bond donors (Lipinski definition) is 0. The molecule has 0 unspecified atom stereocenters. The third-order valence-electron chi connectivity index (χ3n) is 3.78. The first kappa shape index (κ1) is 19.2. The zero-order valence-electron chi connectivity index (χ0n) is 14.5. The smallest absolute Gasteiger partial charge is 0.233 e. The fourth-order valence-corrected chi connectivity index (χ4v) is 4.54. The molecule has 2 aromatic heterocycles. The lowest BCUT2D eigenvalue weighted by molar-refractivity contribution is -0.128. The largest absolute Gasteiger partial charge is 0.340 e. The van der Waals surface area contributed by atoms with E-state index in [0.717, 1.165) is 20.8 Å². The van der Waals surface area contributed by atoms with Crippen molar-refractivity contribution in [1.82, 2.24) is 14.9 Å². The van der Waals surface area contributed by atoms with Gasteiger partial charge in [0.15, 0.2) is 0 Å². The molecule has 0 N–H and O–H groups in total. The number of nitrogens with zero attached hydrogens (tertiary/aromatic N) is 5. The minimum absolute atomic E-state index is 0.0791. The summed E-state index contributed by atoms with van der Waals surface area (Å²) in [6.07, 6.45) is 0.531. The second-order valence-corrected chi connectivity index (χ2v) is 7.69. The number of aromatic nitrogens is 2. The van der Waals surface area contributed by atoms with E-state index in [1.165, 1.54) is 16.6 Å². The van der Waals surface area contributed by atoms with E-state index in [9.17, 15) is 4.79 Å². The van der Waals surface area contributed by atoms with Crippen molar-refractivity contribution in [3.63, 3.8) is 0 Å². The topological polar surface area (TPSA) is 93.7 Å². The van der Waals surface area contributed by atoms with Gasteiger partial charge in [0.2, 0.25) is 5.91 Å². The minimum atomic E-state index is -0.0791. The number of carbonyl (C=O) groups is 1. The number of thiophene rings is 1. The van der Waals surface area contributed by atoms with Crippen LogP contribution in [0.3, 0.4) is 0 Å². The maximum absolute atomic E-state index is 12.5. The molecule has 6 nitrogen and oxygen atoms in total. The van der Waals surface area contributed by atoms with Crippen LogP contribution in [0.2, 0.25) is 0 Å². The van der Waals surface area contributed by atoms with Gasteiger partial charge in [0.05, 0.1) is 30.7 Å². The van der Waals surface area contributed by atoms with Crippen LogP contribution in [0.1, 0.15) is 29.1 Å². The highest BCUT2D eigenvalue weighted by Crippen LogP contribution is 2.35. The molecule has 2 aromatic rings. The molecule has 0 aliphatic carbocycles. The second-order valence-electron chi connectivity index (χ2n) is 5.53. The van der Waals surface area contributed by atoms with Gasteiger partial charge in [-0.3, -0.25) is 4.79 Å². The summed E-state index contributed by atoms with van der Waals surface area (Å²) in [5, 5.41) is 19.3. The molecule has 2 rings (SSSR count). The molecule has 1 amide bonds. The average molecular weight is 374 g/mol. The number of thioether (sulfide) groups is 1. The minimum Gasteiger partial charge on any atom is -0.340 e. The van der Waals surface area contributed by atoms with Gasteiger partial charge in [-0.05, 0) is 26.3 Å². The molecular weight excluding hydrogens is 354 g/mol. The van der Waals surface area contributed by atoms with Gasteiger partial charge in [-0.15, -0.1) is 11.3 Å². The average Bonchev–Trinajstić information content (AvgIpc) is 2.86. The Hall–Kier alpha value is -2.16. The zero-order valence-corrected chi connectivity index (χ0v) is 16.1. The van der Waals surface area contributed by atoms with Crippen LogP contribution in [0.5, 0.6) is 0 Å². The highest BCUT2D eigenvalue weighted by Gasteiger charge is 2.17. The molecule has 2 heterocycles. The van der Waals surface area contributed by atoms with Crippen LogP contribution in [0, 0.1) is 43.4 Å². The Morgan fingerprint density at radius 2 is 1.80 bits per heavy atom. The molecule has 0 saturated carbocycles. The summed E-state index contributed by atoms with van der Waals surface area (Å²) in [6, 6.07) is 4.08. The maximum Gasteiger partial charge on any atom is 0.233 e. The predicted octanol–water partition coefficient (Wildman–Crippen LogP) is 3.36. The normalized spacial score (nSPS) is 10.4. The Labute approximate surface area is 155 Å². The van der Waals surface area contributed by atoms with Gasteiger partial charge >= 0.3 is 0 Å². The van der Waals surface area contributed by atoms with Gasteiger partial charge in [0.1, 0.15) is 15.7 Å². The Morgan fingerprint density at radius 1 is 1.16 bits per heavy atom. The Morgan fingerprint density at radius 3 is 2.40 bits per heavy atom. The summed E-state index contributed by atoms with van der Waals surface area (Å²) in [6.45, 7) is 6.66. The van der Waals surface area contributed by atoms with E-state index in [0.29, 0.717) is 18.9 Å². The SMILES string of the molecule is Cc1nc(SCC(=O)N(CCC#N)CCC#N)c2c(C)c(C)sc2n1. The quantitative estimate of drug-likeness (QED) is 0.545. The predicted molar refractivity (Wildman–Crippen MR) is 99.4 cm³/mol. The summed E-state index contributed by atoms with van der Waals surface area (Å²) in [4.78, 5) is 25.2. The molecule has 0 spiro atoms. The van der Waals surface area contributed by atoms with Crippen LogP contribution in [-0.4, -0.2) is 39.6 Å². The maximum atomic E-state index is 12.5. The first-order valence-corrected chi connectivity index (χ1v) is 9.67. The van der Waals surface area contributed by atoms with Gasteiger partial charge in [-0.1, -0.05) is 11.8 Å². The van der Waals surface area contributed by atoms with Gasteiger partial charge in [0.25, 0.3) is 0 Å². The van der Waals surface area contributed by atoms with Gasteiger partial charge in [0, 0.05) is 23.4 Å². The third kappa shape index (κ3) is 4.68. The van der Waals surface area contributed by atoms with Gasteiger partial charge in [-0.2, -0.15) is 10.5 Å². The van der Waals surface area contributed by atoms with E-state index in [1.807, 2.05) is 26.0 Å². The van der Waals surface area contributed by atoms with Crippen molar-refractivity contribution in [3.8, 4) is 12.1 Å². The molecule has 0 saturated heterocycles. The number of rotatable bonds is 7. The highest BCUT2D eigenvalue weighted by molar-refractivity contribution is 8.00. The molecule has 0 fully saturated rings. The van der Waals surface area contributed by atoms with E-state index in [1.54, 1.807) is 16.2 Å². The van der Waals surface area contributed by atoms with Crippen molar-refractivity contribution in [3.05, 3.63) is 16.3 Å². The molecule has 0 atom stereocenters. The molecule has 130 valence electrons. The van der Waals surface area contributed by atoms with E-state index >= 15 is 0 Å². The second kappa shape index (κ2) is 8.80. The standard InChI is InChI=1S/C17H19N5OS2/c1-11-12(2)25-17-15(11)16(20-13(3)21-17)24-10-14(23)22(8-4-6-18)9-5-7-19/h4-5,8-10H2,1-3H3. The fraction of sp³-hybridized carbons (Fsp3) is 0.471. The summed E-state index contributed by atoms with van der Waals surface area (Å²) < 4.78 is 0. The number of fused-ring (bicyclic) bond motifs is 1. The Kier molecular flexibility index (Phi) is 6.74. The Bertz CT molecular complexity index is 845. The van der Waals surface area contributed by atoms with Crippen molar-refractivity contribution in [2.24, 2.45) is 0 Å². The number of carbonyl (C=O) groups excluding carboxylic acids is 1. The summed E-state index contributed by atoms with van der Waals surface area (Å²) in [5.74, 6) is 0.843.